The van der Waals surface area contributed by atoms with Crippen molar-refractivity contribution in [3.8, 4) is 0 Å². The highest BCUT2D eigenvalue weighted by molar-refractivity contribution is 9.10. The number of hydrogen-bond acceptors (Lipinski definition) is 3. The minimum atomic E-state index is -0.353. The number of alkyl halides is 1. The van der Waals surface area contributed by atoms with Gasteiger partial charge in [0.1, 0.15) is 6.54 Å². The summed E-state index contributed by atoms with van der Waals surface area (Å²) in [6.07, 6.45) is 7.94. The van der Waals surface area contributed by atoms with Crippen LogP contribution < -0.4 is 5.32 Å². The smallest absolute Gasteiger partial charge is 0.325 e. The first-order valence-corrected chi connectivity index (χ1v) is 8.83. The van der Waals surface area contributed by atoms with Gasteiger partial charge >= 0.3 is 5.97 Å². The molecular weight excluding hydrogens is 334 g/mol. The van der Waals surface area contributed by atoms with E-state index >= 15 is 0 Å². The molecule has 0 aromatic heterocycles. The van der Waals surface area contributed by atoms with Gasteiger partial charge in [-0.25, -0.2) is 0 Å². The summed E-state index contributed by atoms with van der Waals surface area (Å²) in [5.41, 5.74) is 0.159. The van der Waals surface area contributed by atoms with Gasteiger partial charge in [0, 0.05) is 10.7 Å². The second kappa shape index (κ2) is 5.56. The summed E-state index contributed by atoms with van der Waals surface area (Å²) in [5, 5.41) is 2.73. The Labute approximate surface area is 134 Å². The largest absolute Gasteiger partial charge is 0.465 e. The van der Waals surface area contributed by atoms with Crippen LogP contribution in [0.5, 0.6) is 0 Å². The molecule has 1 amide bonds. The summed E-state index contributed by atoms with van der Waals surface area (Å²) in [6, 6.07) is 0. The van der Waals surface area contributed by atoms with Crippen LogP contribution >= 0.6 is 15.9 Å². The lowest BCUT2D eigenvalue weighted by Crippen LogP contribution is -2.54. The Morgan fingerprint density at radius 3 is 2.48 bits per heavy atom. The van der Waals surface area contributed by atoms with E-state index < -0.39 is 0 Å². The van der Waals surface area contributed by atoms with Gasteiger partial charge in [0.05, 0.1) is 6.61 Å². The third-order valence-electron chi connectivity index (χ3n) is 5.38. The maximum Gasteiger partial charge on any atom is 0.325 e. The minimum absolute atomic E-state index is 0.00102. The molecule has 5 heteroatoms. The molecule has 4 aliphatic rings. The topological polar surface area (TPSA) is 55.4 Å². The molecule has 4 saturated carbocycles. The van der Waals surface area contributed by atoms with Crippen LogP contribution in [0.25, 0.3) is 0 Å². The number of hydrogen-bond donors (Lipinski definition) is 1. The van der Waals surface area contributed by atoms with E-state index in [4.69, 9.17) is 4.74 Å². The van der Waals surface area contributed by atoms with Crippen LogP contribution in [0, 0.1) is 17.3 Å². The van der Waals surface area contributed by atoms with Crippen molar-refractivity contribution in [2.45, 2.75) is 56.2 Å². The number of carbonyl (C=O) groups is 2. The average molecular weight is 358 g/mol. The van der Waals surface area contributed by atoms with Gasteiger partial charge < -0.3 is 10.1 Å². The molecule has 0 aliphatic heterocycles. The van der Waals surface area contributed by atoms with Crippen molar-refractivity contribution < 1.29 is 14.3 Å². The molecule has 4 rings (SSSR count). The number of rotatable bonds is 5. The van der Waals surface area contributed by atoms with Crippen LogP contribution in [0.15, 0.2) is 0 Å². The van der Waals surface area contributed by atoms with Crippen molar-refractivity contribution in [2.75, 3.05) is 13.2 Å². The maximum atomic E-state index is 12.2. The molecule has 0 spiro atoms. The van der Waals surface area contributed by atoms with E-state index in [1.807, 2.05) is 0 Å². The van der Waals surface area contributed by atoms with Gasteiger partial charge in [-0.3, -0.25) is 9.59 Å². The molecule has 0 saturated heterocycles. The van der Waals surface area contributed by atoms with Crippen LogP contribution in [0.3, 0.4) is 0 Å². The SMILES string of the molecule is CCOC(=O)CNC(=O)CC12CC3CC(CC(Br)(C3)C1)C2. The zero-order valence-electron chi connectivity index (χ0n) is 12.6. The predicted molar refractivity (Wildman–Crippen MR) is 83.0 cm³/mol. The van der Waals surface area contributed by atoms with Crippen molar-refractivity contribution in [3.05, 3.63) is 0 Å². The molecule has 4 aliphatic carbocycles. The number of amides is 1. The Morgan fingerprint density at radius 1 is 1.24 bits per heavy atom. The summed E-state index contributed by atoms with van der Waals surface area (Å²) >= 11 is 3.96. The summed E-state index contributed by atoms with van der Waals surface area (Å²) in [4.78, 5) is 23.5. The second-order valence-electron chi connectivity index (χ2n) is 7.37. The highest BCUT2D eigenvalue weighted by atomic mass is 79.9. The molecule has 0 heterocycles. The fraction of sp³-hybridized carbons (Fsp3) is 0.875. The molecular formula is C16H24BrNO3. The standard InChI is InChI=1S/C16H24BrNO3/c1-2-21-14(20)9-18-13(19)8-15-4-11-3-12(5-15)7-16(17,6-11)10-15/h11-12H,2-10H2,1H3,(H,18,19). The van der Waals surface area contributed by atoms with Crippen molar-refractivity contribution in [3.63, 3.8) is 0 Å². The number of carbonyl (C=O) groups excluding carboxylic acids is 2. The quantitative estimate of drug-likeness (QED) is 0.607. The minimum Gasteiger partial charge on any atom is -0.465 e. The molecule has 2 atom stereocenters. The molecule has 118 valence electrons. The van der Waals surface area contributed by atoms with E-state index in [9.17, 15) is 9.59 Å². The van der Waals surface area contributed by atoms with Gasteiger partial charge in [-0.05, 0) is 62.7 Å². The molecule has 4 bridgehead atoms. The summed E-state index contributed by atoms with van der Waals surface area (Å²) in [6.45, 7) is 2.12. The first kappa shape index (κ1) is 15.3. The highest BCUT2D eigenvalue weighted by Gasteiger charge is 2.57. The Bertz CT molecular complexity index is 437. The third kappa shape index (κ3) is 3.27. The number of ether oxygens (including phenoxy) is 1. The molecule has 0 aromatic carbocycles. The second-order valence-corrected chi connectivity index (χ2v) is 9.05. The molecule has 4 fully saturated rings. The Balaban J connectivity index is 1.57. The normalized spacial score (nSPS) is 40.1. The van der Waals surface area contributed by atoms with E-state index in [0.717, 1.165) is 18.3 Å². The molecule has 0 aromatic rings. The Morgan fingerprint density at radius 2 is 1.90 bits per heavy atom. The molecule has 21 heavy (non-hydrogen) atoms. The van der Waals surface area contributed by atoms with Gasteiger partial charge in [-0.2, -0.15) is 0 Å². The van der Waals surface area contributed by atoms with Crippen LogP contribution in [0.1, 0.15) is 51.9 Å². The average Bonchev–Trinajstić information content (AvgIpc) is 2.33. The van der Waals surface area contributed by atoms with Crippen molar-refractivity contribution in [1.82, 2.24) is 5.32 Å². The first-order valence-electron chi connectivity index (χ1n) is 8.03. The lowest BCUT2D eigenvalue weighted by Gasteiger charge is -2.60. The van der Waals surface area contributed by atoms with Crippen LogP contribution in [-0.4, -0.2) is 29.4 Å². The van der Waals surface area contributed by atoms with Crippen molar-refractivity contribution in [2.24, 2.45) is 17.3 Å². The zero-order valence-corrected chi connectivity index (χ0v) is 14.2. The van der Waals surface area contributed by atoms with E-state index in [1.54, 1.807) is 6.92 Å². The van der Waals surface area contributed by atoms with Gasteiger partial charge in [0.25, 0.3) is 0 Å². The summed E-state index contributed by atoms with van der Waals surface area (Å²) < 4.78 is 5.12. The summed E-state index contributed by atoms with van der Waals surface area (Å²) in [7, 11) is 0. The molecule has 2 unspecified atom stereocenters. The zero-order chi connectivity index (χ0) is 15.1. The van der Waals surface area contributed by atoms with Gasteiger partial charge in [0.15, 0.2) is 0 Å². The molecule has 1 N–H and O–H groups in total. The van der Waals surface area contributed by atoms with E-state index in [2.05, 4.69) is 21.2 Å². The van der Waals surface area contributed by atoms with E-state index in [1.165, 1.54) is 32.1 Å². The lowest BCUT2D eigenvalue weighted by molar-refractivity contribution is -0.144. The van der Waals surface area contributed by atoms with Gasteiger partial charge in [0.2, 0.25) is 5.91 Å². The number of esters is 1. The van der Waals surface area contributed by atoms with E-state index in [-0.39, 0.29) is 28.2 Å². The molecule has 0 radical (unpaired) electrons. The van der Waals surface area contributed by atoms with Crippen LogP contribution in [0.2, 0.25) is 0 Å². The first-order chi connectivity index (χ1) is 9.92. The van der Waals surface area contributed by atoms with Gasteiger partial charge in [-0.1, -0.05) is 15.9 Å². The fourth-order valence-electron chi connectivity index (χ4n) is 5.33. The maximum absolute atomic E-state index is 12.2. The predicted octanol–water partition coefficient (Wildman–Crippen LogP) is 2.79. The van der Waals surface area contributed by atoms with Crippen molar-refractivity contribution in [1.29, 1.82) is 0 Å². The fourth-order valence-corrected chi connectivity index (χ4v) is 6.84. The lowest BCUT2D eigenvalue weighted by atomic mass is 9.48. The molecule has 4 nitrogen and oxygen atoms in total. The monoisotopic (exact) mass is 357 g/mol. The van der Waals surface area contributed by atoms with Crippen LogP contribution in [-0.2, 0) is 14.3 Å². The highest BCUT2D eigenvalue weighted by Crippen LogP contribution is 2.65. The van der Waals surface area contributed by atoms with Gasteiger partial charge in [-0.15, -0.1) is 0 Å². The van der Waals surface area contributed by atoms with Crippen molar-refractivity contribution >= 4 is 27.8 Å². The number of nitrogens with one attached hydrogen (secondary N) is 1. The Kier molecular flexibility index (Phi) is 4.06. The van der Waals surface area contributed by atoms with E-state index in [0.29, 0.717) is 13.0 Å². The Hall–Kier alpha value is -0.580. The number of halogens is 1. The van der Waals surface area contributed by atoms with Crippen LogP contribution in [0.4, 0.5) is 0 Å². The summed E-state index contributed by atoms with van der Waals surface area (Å²) in [5.74, 6) is 1.21. The third-order valence-corrected chi connectivity index (χ3v) is 6.31.